The second-order valence-corrected chi connectivity index (χ2v) is 7.28. The first kappa shape index (κ1) is 13.5. The Hall–Kier alpha value is -1.92. The van der Waals surface area contributed by atoms with Gasteiger partial charge in [-0.05, 0) is 41.8 Å². The number of hydrogen-bond donors (Lipinski definition) is 0. The number of nitrogens with zero attached hydrogens (tertiary/aromatic N) is 4. The Morgan fingerprint density at radius 1 is 1.04 bits per heavy atom. The van der Waals surface area contributed by atoms with Crippen LogP contribution in [0.5, 0.6) is 0 Å². The average molecular weight is 326 g/mol. The van der Waals surface area contributed by atoms with E-state index in [0.29, 0.717) is 17.9 Å². The zero-order valence-electron chi connectivity index (χ0n) is 12.8. The summed E-state index contributed by atoms with van der Waals surface area (Å²) >= 11 is 1.74. The molecule has 6 rings (SSSR count). The van der Waals surface area contributed by atoms with Crippen molar-refractivity contribution in [3.63, 3.8) is 0 Å². The lowest BCUT2D eigenvalue weighted by atomic mass is 10.1. The maximum atomic E-state index is 6.03. The van der Waals surface area contributed by atoms with E-state index < -0.39 is 0 Å². The number of benzene rings is 1. The van der Waals surface area contributed by atoms with Crippen LogP contribution in [0.25, 0.3) is 21.5 Å². The molecule has 0 N–H and O–H groups in total. The van der Waals surface area contributed by atoms with Crippen molar-refractivity contribution >= 4 is 27.4 Å². The highest BCUT2D eigenvalue weighted by atomic mass is 32.1. The number of hydrogen-bond acceptors (Lipinski definition) is 6. The molecule has 3 fully saturated rings. The minimum Gasteiger partial charge on any atom is -0.403 e. The van der Waals surface area contributed by atoms with Crippen LogP contribution in [-0.2, 0) is 0 Å². The van der Waals surface area contributed by atoms with E-state index in [0.717, 1.165) is 18.7 Å². The molecule has 0 radical (unpaired) electrons. The van der Waals surface area contributed by atoms with Crippen molar-refractivity contribution in [1.29, 1.82) is 0 Å². The molecule has 118 valence electrons. The van der Waals surface area contributed by atoms with E-state index in [-0.39, 0.29) is 0 Å². The first-order chi connectivity index (χ1) is 11.4. The summed E-state index contributed by atoms with van der Waals surface area (Å²) < 4.78 is 7.28. The summed E-state index contributed by atoms with van der Waals surface area (Å²) in [6.07, 6.45) is 2.39. The average Bonchev–Trinajstić information content (AvgIpc) is 3.17. The topological polar surface area (TPSA) is 45.4 Å². The summed E-state index contributed by atoms with van der Waals surface area (Å²) in [6, 6.07) is 9.67. The predicted molar refractivity (Wildman–Crippen MR) is 91.9 cm³/mol. The molecule has 1 aromatic carbocycles. The van der Waals surface area contributed by atoms with Gasteiger partial charge in [0.2, 0.25) is 5.89 Å². The van der Waals surface area contributed by atoms with Crippen molar-refractivity contribution in [3.8, 4) is 11.5 Å². The number of thiophene rings is 1. The Bertz CT molecular complexity index is 834. The van der Waals surface area contributed by atoms with Crippen molar-refractivity contribution in [2.45, 2.75) is 18.9 Å². The lowest BCUT2D eigenvalue weighted by Crippen LogP contribution is -2.38. The van der Waals surface area contributed by atoms with Gasteiger partial charge in [0.25, 0.3) is 0 Å². The molecule has 6 heteroatoms. The van der Waals surface area contributed by atoms with Crippen LogP contribution in [0.15, 0.2) is 34.1 Å². The second kappa shape index (κ2) is 5.32. The molecule has 5 nitrogen and oxygen atoms in total. The summed E-state index contributed by atoms with van der Waals surface area (Å²) in [6.45, 7) is 4.46. The molecule has 0 amide bonds. The van der Waals surface area contributed by atoms with Crippen LogP contribution in [0, 0.1) is 0 Å². The Labute approximate surface area is 138 Å². The zero-order valence-corrected chi connectivity index (χ0v) is 13.6. The fourth-order valence-corrected chi connectivity index (χ4v) is 4.50. The van der Waals surface area contributed by atoms with Gasteiger partial charge < -0.3 is 14.2 Å². The number of rotatable bonds is 2. The minimum atomic E-state index is 0.543. The molecule has 0 spiro atoms. The van der Waals surface area contributed by atoms with E-state index in [1.54, 1.807) is 11.3 Å². The normalized spacial score (nSPS) is 24.3. The van der Waals surface area contributed by atoms with Crippen LogP contribution in [0.3, 0.4) is 0 Å². The van der Waals surface area contributed by atoms with Gasteiger partial charge in [-0.3, -0.25) is 0 Å². The highest BCUT2D eigenvalue weighted by Crippen LogP contribution is 2.30. The Morgan fingerprint density at radius 3 is 2.87 bits per heavy atom. The third kappa shape index (κ3) is 2.33. The van der Waals surface area contributed by atoms with Gasteiger partial charge in [0, 0.05) is 42.5 Å². The highest BCUT2D eigenvalue weighted by molar-refractivity contribution is 7.17. The molecule has 2 bridgehead atoms. The number of piperidine rings is 1. The molecule has 3 aliphatic rings. The molecular weight excluding hydrogens is 308 g/mol. The van der Waals surface area contributed by atoms with E-state index in [2.05, 4.69) is 49.6 Å². The maximum absolute atomic E-state index is 6.03. The SMILES string of the molecule is c1cc2ccc(-c3nnc(N4CCN5CCC4CC5)o3)cc2s1. The molecule has 3 aliphatic heterocycles. The van der Waals surface area contributed by atoms with Crippen molar-refractivity contribution in [2.75, 3.05) is 31.1 Å². The van der Waals surface area contributed by atoms with E-state index >= 15 is 0 Å². The minimum absolute atomic E-state index is 0.543. The van der Waals surface area contributed by atoms with Crippen LogP contribution in [0.1, 0.15) is 12.8 Å². The summed E-state index contributed by atoms with van der Waals surface area (Å²) in [5.41, 5.74) is 1.00. The number of aromatic nitrogens is 2. The lowest BCUT2D eigenvalue weighted by molar-refractivity contribution is 0.249. The monoisotopic (exact) mass is 326 g/mol. The molecule has 3 aromatic rings. The van der Waals surface area contributed by atoms with Crippen molar-refractivity contribution in [2.24, 2.45) is 0 Å². The van der Waals surface area contributed by atoms with Gasteiger partial charge in [0.1, 0.15) is 0 Å². The molecular formula is C17H18N4OS. The summed E-state index contributed by atoms with van der Waals surface area (Å²) in [5.74, 6) is 0.620. The third-order valence-corrected chi connectivity index (χ3v) is 5.90. The van der Waals surface area contributed by atoms with Crippen molar-refractivity contribution in [3.05, 3.63) is 29.6 Å². The van der Waals surface area contributed by atoms with Gasteiger partial charge in [0.15, 0.2) is 0 Å². The van der Waals surface area contributed by atoms with E-state index in [1.807, 2.05) is 0 Å². The fraction of sp³-hybridized carbons (Fsp3) is 0.412. The van der Waals surface area contributed by atoms with E-state index in [9.17, 15) is 0 Å². The lowest BCUT2D eigenvalue weighted by Gasteiger charge is -2.29. The van der Waals surface area contributed by atoms with Gasteiger partial charge >= 0.3 is 6.01 Å². The van der Waals surface area contributed by atoms with Crippen molar-refractivity contribution in [1.82, 2.24) is 15.1 Å². The van der Waals surface area contributed by atoms with Gasteiger partial charge in [-0.2, -0.15) is 0 Å². The smallest absolute Gasteiger partial charge is 0.318 e. The standard InChI is InChI=1S/C17H18N4OS/c1-2-13(11-15-12(1)5-10-23-15)16-18-19-17(22-16)21-9-8-20-6-3-14(21)4-7-20/h1-2,5,10-11,14H,3-4,6-9H2. The summed E-state index contributed by atoms with van der Waals surface area (Å²) in [4.78, 5) is 4.84. The van der Waals surface area contributed by atoms with Crippen LogP contribution in [0.2, 0.25) is 0 Å². The van der Waals surface area contributed by atoms with Gasteiger partial charge in [0.05, 0.1) is 0 Å². The number of anilines is 1. The largest absolute Gasteiger partial charge is 0.403 e. The van der Waals surface area contributed by atoms with E-state index in [1.165, 1.54) is 36.0 Å². The molecule has 5 heterocycles. The van der Waals surface area contributed by atoms with Gasteiger partial charge in [-0.15, -0.1) is 16.4 Å². The van der Waals surface area contributed by atoms with Crippen LogP contribution in [-0.4, -0.2) is 47.3 Å². The Balaban J connectivity index is 1.47. The molecule has 2 aromatic heterocycles. The quantitative estimate of drug-likeness (QED) is 0.723. The van der Waals surface area contributed by atoms with Crippen LogP contribution >= 0.6 is 11.3 Å². The molecule has 0 atom stereocenters. The van der Waals surface area contributed by atoms with Crippen LogP contribution < -0.4 is 4.90 Å². The third-order valence-electron chi connectivity index (χ3n) is 5.02. The molecule has 0 saturated carbocycles. The number of fused-ring (bicyclic) bond motifs is 5. The van der Waals surface area contributed by atoms with E-state index in [4.69, 9.17) is 4.42 Å². The maximum Gasteiger partial charge on any atom is 0.318 e. The Kier molecular flexibility index (Phi) is 3.12. The Morgan fingerprint density at radius 2 is 1.96 bits per heavy atom. The van der Waals surface area contributed by atoms with Gasteiger partial charge in [-0.25, -0.2) is 0 Å². The van der Waals surface area contributed by atoms with Gasteiger partial charge in [-0.1, -0.05) is 11.2 Å². The molecule has 0 aliphatic carbocycles. The highest BCUT2D eigenvalue weighted by Gasteiger charge is 2.31. The first-order valence-corrected chi connectivity index (χ1v) is 9.05. The predicted octanol–water partition coefficient (Wildman–Crippen LogP) is 3.24. The summed E-state index contributed by atoms with van der Waals surface area (Å²) in [5, 5.41) is 12.0. The molecule has 0 unspecified atom stereocenters. The first-order valence-electron chi connectivity index (χ1n) is 8.17. The summed E-state index contributed by atoms with van der Waals surface area (Å²) in [7, 11) is 0. The fourth-order valence-electron chi connectivity index (χ4n) is 3.67. The zero-order chi connectivity index (χ0) is 15.2. The molecule has 23 heavy (non-hydrogen) atoms. The second-order valence-electron chi connectivity index (χ2n) is 6.33. The van der Waals surface area contributed by atoms with Crippen molar-refractivity contribution < 1.29 is 4.42 Å². The van der Waals surface area contributed by atoms with Crippen LogP contribution in [0.4, 0.5) is 6.01 Å². The molecule has 3 saturated heterocycles.